The first-order chi connectivity index (χ1) is 20.8. The van der Waals surface area contributed by atoms with Gasteiger partial charge in [0.25, 0.3) is 5.91 Å². The summed E-state index contributed by atoms with van der Waals surface area (Å²) in [6.45, 7) is 9.42. The van der Waals surface area contributed by atoms with Gasteiger partial charge in [-0.1, -0.05) is 37.1 Å². The van der Waals surface area contributed by atoms with Gasteiger partial charge in [0, 0.05) is 48.9 Å². The number of thioether (sulfide) groups is 1. The van der Waals surface area contributed by atoms with E-state index in [9.17, 15) is 19.5 Å². The van der Waals surface area contributed by atoms with Gasteiger partial charge in [0.15, 0.2) is 0 Å². The minimum Gasteiger partial charge on any atom is -0.465 e. The maximum Gasteiger partial charge on any atom is 0.311 e. The van der Waals surface area contributed by atoms with Crippen LogP contribution in [0.5, 0.6) is 0 Å². The highest BCUT2D eigenvalue weighted by Crippen LogP contribution is 2.65. The molecular formula is C34H47N3O5S. The van der Waals surface area contributed by atoms with Crippen LogP contribution in [0.2, 0.25) is 0 Å². The summed E-state index contributed by atoms with van der Waals surface area (Å²) in [6, 6.07) is 7.37. The highest BCUT2D eigenvalue weighted by molar-refractivity contribution is 8.02. The number of ether oxygens (including phenoxy) is 1. The number of hydrogen-bond donors (Lipinski definition) is 1. The van der Waals surface area contributed by atoms with E-state index in [1.165, 1.54) is 0 Å². The van der Waals surface area contributed by atoms with Gasteiger partial charge in [0.05, 0.1) is 23.2 Å². The topological polar surface area (TPSA) is 90.4 Å². The summed E-state index contributed by atoms with van der Waals surface area (Å²) in [4.78, 5) is 48.8. The Labute approximate surface area is 260 Å². The minimum atomic E-state index is -0.883. The molecule has 0 bridgehead atoms. The molecule has 2 fully saturated rings. The average Bonchev–Trinajstić information content (AvgIpc) is 3.32. The van der Waals surface area contributed by atoms with E-state index < -0.39 is 27.4 Å². The van der Waals surface area contributed by atoms with Crippen LogP contribution in [0.3, 0.4) is 0 Å². The van der Waals surface area contributed by atoms with Gasteiger partial charge in [0.1, 0.15) is 6.04 Å². The molecule has 4 aliphatic heterocycles. The molecule has 1 aromatic rings. The van der Waals surface area contributed by atoms with Crippen LogP contribution in [0.4, 0.5) is 11.4 Å². The highest BCUT2D eigenvalue weighted by atomic mass is 32.2. The number of aliphatic hydroxyl groups excluding tert-OH is 1. The number of rotatable bonds is 10. The first-order valence-electron chi connectivity index (χ1n) is 16.1. The van der Waals surface area contributed by atoms with Crippen molar-refractivity contribution in [2.75, 3.05) is 49.2 Å². The van der Waals surface area contributed by atoms with Gasteiger partial charge >= 0.3 is 5.97 Å². The number of nitrogens with zero attached hydrogens (tertiary/aromatic N) is 3. The number of benzene rings is 1. The Morgan fingerprint density at radius 3 is 2.42 bits per heavy atom. The van der Waals surface area contributed by atoms with Gasteiger partial charge in [-0.05, 0) is 77.1 Å². The fourth-order valence-electron chi connectivity index (χ4n) is 7.45. The van der Waals surface area contributed by atoms with Crippen molar-refractivity contribution in [2.24, 2.45) is 11.8 Å². The van der Waals surface area contributed by atoms with Gasteiger partial charge in [-0.2, -0.15) is 0 Å². The molecule has 234 valence electrons. The summed E-state index contributed by atoms with van der Waals surface area (Å²) in [6.07, 6.45) is 14.1. The first-order valence-corrected chi connectivity index (χ1v) is 16.9. The van der Waals surface area contributed by atoms with Gasteiger partial charge in [-0.3, -0.25) is 14.4 Å². The molecule has 1 unspecified atom stereocenters. The zero-order valence-electron chi connectivity index (χ0n) is 25.9. The zero-order valence-corrected chi connectivity index (χ0v) is 26.7. The third-order valence-corrected chi connectivity index (χ3v) is 11.4. The van der Waals surface area contributed by atoms with Crippen LogP contribution < -0.4 is 9.80 Å². The number of carbonyl (C=O) groups excluding carboxylic acids is 3. The molecule has 0 aromatic heterocycles. The summed E-state index contributed by atoms with van der Waals surface area (Å²) in [7, 11) is 0. The molecule has 2 amide bonds. The third-order valence-electron chi connectivity index (χ3n) is 9.60. The monoisotopic (exact) mass is 609 g/mol. The average molecular weight is 610 g/mol. The van der Waals surface area contributed by atoms with Crippen molar-refractivity contribution in [3.05, 3.63) is 48.6 Å². The van der Waals surface area contributed by atoms with E-state index in [2.05, 4.69) is 49.1 Å². The summed E-state index contributed by atoms with van der Waals surface area (Å²) < 4.78 is 4.23. The number of hydrogen-bond acceptors (Lipinski definition) is 7. The number of unbranched alkanes of at least 4 members (excludes halogenated alkanes) is 3. The van der Waals surface area contributed by atoms with Crippen molar-refractivity contribution in [3.63, 3.8) is 0 Å². The van der Waals surface area contributed by atoms with Gasteiger partial charge in [0.2, 0.25) is 5.91 Å². The second-order valence-electron chi connectivity index (χ2n) is 12.3. The smallest absolute Gasteiger partial charge is 0.311 e. The normalized spacial score (nSPS) is 31.3. The van der Waals surface area contributed by atoms with Crippen LogP contribution in [0.15, 0.2) is 48.6 Å². The molecule has 0 saturated carbocycles. The van der Waals surface area contributed by atoms with Crippen molar-refractivity contribution in [1.82, 2.24) is 4.90 Å². The second-order valence-corrected chi connectivity index (χ2v) is 14.1. The highest BCUT2D eigenvalue weighted by Gasteiger charge is 2.73. The van der Waals surface area contributed by atoms with Crippen molar-refractivity contribution >= 4 is 40.9 Å². The lowest BCUT2D eigenvalue weighted by atomic mass is 9.74. The minimum absolute atomic E-state index is 0.107. The van der Waals surface area contributed by atoms with Crippen molar-refractivity contribution < 1.29 is 24.2 Å². The Balaban J connectivity index is 1.54. The number of anilines is 2. The van der Waals surface area contributed by atoms with Crippen LogP contribution in [0.25, 0.3) is 0 Å². The summed E-state index contributed by atoms with van der Waals surface area (Å²) >= 11 is 1.60. The second kappa shape index (κ2) is 13.5. The molecule has 43 heavy (non-hydrogen) atoms. The SMILES string of the molecule is CCN(CC)c1ccc(N2CC=C[C@]34S[C@]5(C)/C=C\CCCCOC(=O)[C@@H]5[C@H]3C(=O)N(CCCCCCO)C4C2=O)cc1. The molecule has 4 aliphatic rings. The predicted octanol–water partition coefficient (Wildman–Crippen LogP) is 4.96. The number of carbonyl (C=O) groups is 3. The van der Waals surface area contributed by atoms with Crippen LogP contribution in [-0.2, 0) is 19.1 Å². The van der Waals surface area contributed by atoms with E-state index in [4.69, 9.17) is 4.74 Å². The van der Waals surface area contributed by atoms with E-state index in [0.717, 1.165) is 69.4 Å². The maximum absolute atomic E-state index is 14.7. The molecule has 0 radical (unpaired) electrons. The van der Waals surface area contributed by atoms with Gasteiger partial charge < -0.3 is 24.5 Å². The standard InChI is InChI=1S/C34H47N3O5S/c1-4-35(5-2)25-15-17-26(18-16-25)36-22-14-20-34-27(28-32(41)42-24-13-9-6-10-19-33(28,3)43-34)30(39)37(29(34)31(36)40)21-11-7-8-12-23-38/h10,14-20,27-29,38H,4-9,11-13,21-24H2,1-3H3/b19-10-/t27-,28-,29?,33+,34-/m0/s1. The van der Waals surface area contributed by atoms with Gasteiger partial charge in [-0.15, -0.1) is 11.8 Å². The molecule has 1 aromatic carbocycles. The number of allylic oxidation sites excluding steroid dienone is 1. The molecule has 1 spiro atoms. The van der Waals surface area contributed by atoms with E-state index in [0.29, 0.717) is 19.7 Å². The van der Waals surface area contributed by atoms with Gasteiger partial charge in [-0.25, -0.2) is 0 Å². The molecule has 8 nitrogen and oxygen atoms in total. The number of cyclic esters (lactones) is 1. The molecule has 4 heterocycles. The lowest BCUT2D eigenvalue weighted by Crippen LogP contribution is -2.53. The zero-order chi connectivity index (χ0) is 30.6. The Morgan fingerprint density at radius 1 is 0.953 bits per heavy atom. The first kappa shape index (κ1) is 31.6. The predicted molar refractivity (Wildman–Crippen MR) is 172 cm³/mol. The van der Waals surface area contributed by atoms with Crippen LogP contribution >= 0.6 is 11.8 Å². The number of esters is 1. The molecule has 0 aliphatic carbocycles. The molecule has 5 atom stereocenters. The lowest BCUT2D eigenvalue weighted by molar-refractivity contribution is -0.154. The lowest BCUT2D eigenvalue weighted by Gasteiger charge is -2.37. The number of amides is 2. The molecular weight excluding hydrogens is 562 g/mol. The van der Waals surface area contributed by atoms with Crippen molar-refractivity contribution in [3.8, 4) is 0 Å². The van der Waals surface area contributed by atoms with Crippen LogP contribution in [-0.4, -0.2) is 82.7 Å². The van der Waals surface area contributed by atoms with Crippen molar-refractivity contribution in [1.29, 1.82) is 0 Å². The fourth-order valence-corrected chi connectivity index (χ4v) is 9.60. The Kier molecular flexibility index (Phi) is 9.91. The van der Waals surface area contributed by atoms with Crippen LogP contribution in [0, 0.1) is 11.8 Å². The molecule has 1 N–H and O–H groups in total. The van der Waals surface area contributed by atoms with E-state index in [1.54, 1.807) is 21.6 Å². The van der Waals surface area contributed by atoms with E-state index in [1.807, 2.05) is 25.1 Å². The van der Waals surface area contributed by atoms with E-state index >= 15 is 0 Å². The maximum atomic E-state index is 14.7. The Morgan fingerprint density at radius 2 is 1.70 bits per heavy atom. The van der Waals surface area contributed by atoms with Crippen molar-refractivity contribution in [2.45, 2.75) is 81.3 Å². The molecule has 2 saturated heterocycles. The number of fused-ring (bicyclic) bond motifs is 2. The van der Waals surface area contributed by atoms with Crippen LogP contribution in [0.1, 0.15) is 65.7 Å². The molecule has 9 heteroatoms. The number of likely N-dealkylation sites (tertiary alicyclic amines) is 1. The van der Waals surface area contributed by atoms with E-state index in [-0.39, 0.29) is 24.4 Å². The Bertz CT molecular complexity index is 1230. The largest absolute Gasteiger partial charge is 0.465 e. The quantitative estimate of drug-likeness (QED) is 0.228. The molecule has 5 rings (SSSR count). The number of aliphatic hydroxyl groups is 1. The fraction of sp³-hybridized carbons (Fsp3) is 0.618. The Hall–Kier alpha value is -2.78. The summed E-state index contributed by atoms with van der Waals surface area (Å²) in [5, 5.41) is 9.22. The third kappa shape index (κ3) is 5.87. The summed E-state index contributed by atoms with van der Waals surface area (Å²) in [5.74, 6) is -1.95. The summed E-state index contributed by atoms with van der Waals surface area (Å²) in [5.41, 5.74) is 1.91.